The minimum atomic E-state index is -0.566. The van der Waals surface area contributed by atoms with Crippen LogP contribution in [0.3, 0.4) is 0 Å². The van der Waals surface area contributed by atoms with Crippen molar-refractivity contribution in [2.75, 3.05) is 5.32 Å². The van der Waals surface area contributed by atoms with Crippen LogP contribution < -0.4 is 10.6 Å². The van der Waals surface area contributed by atoms with E-state index < -0.39 is 17.9 Å². The average Bonchev–Trinajstić information content (AvgIpc) is 2.25. The zero-order valence-corrected chi connectivity index (χ0v) is 9.70. The summed E-state index contributed by atoms with van der Waals surface area (Å²) in [6.07, 6.45) is 0. The molecule has 1 rings (SSSR count). The molecule has 0 bridgehead atoms. The van der Waals surface area contributed by atoms with Crippen LogP contribution in [0.1, 0.15) is 13.8 Å². The van der Waals surface area contributed by atoms with Gasteiger partial charge in [0.25, 0.3) is 0 Å². The summed E-state index contributed by atoms with van der Waals surface area (Å²) in [6.45, 7) is 3.66. The molecule has 0 aromatic heterocycles. The summed E-state index contributed by atoms with van der Waals surface area (Å²) in [5.41, 5.74) is 0.350. The predicted octanol–water partition coefficient (Wildman–Crippen LogP) is 2.50. The van der Waals surface area contributed by atoms with Crippen LogP contribution in [0.25, 0.3) is 0 Å². The first-order valence-corrected chi connectivity index (χ1v) is 5.25. The molecule has 2 N–H and O–H groups in total. The van der Waals surface area contributed by atoms with E-state index in [0.717, 1.165) is 0 Å². The highest BCUT2D eigenvalue weighted by Gasteiger charge is 2.14. The minimum absolute atomic E-state index is 0.0123. The fourth-order valence-corrected chi connectivity index (χ4v) is 1.22. The molecular formula is C12H14FN3O. The van der Waals surface area contributed by atoms with Crippen molar-refractivity contribution in [3.05, 3.63) is 30.1 Å². The first-order chi connectivity index (χ1) is 8.02. The molecular weight excluding hydrogens is 221 g/mol. The third kappa shape index (κ3) is 4.11. The standard InChI is InChI=1S/C12H14FN3O/c1-8(2)11(7-14)16-12(17)15-10-5-3-4-9(13)6-10/h3-6,8,11H,1-2H3,(H2,15,16,17). The Morgan fingerprint density at radius 2 is 2.18 bits per heavy atom. The maximum atomic E-state index is 12.9. The molecule has 0 aliphatic heterocycles. The fourth-order valence-electron chi connectivity index (χ4n) is 1.22. The maximum Gasteiger partial charge on any atom is 0.320 e. The van der Waals surface area contributed by atoms with E-state index in [1.54, 1.807) is 6.07 Å². The van der Waals surface area contributed by atoms with E-state index in [0.29, 0.717) is 5.69 Å². The molecule has 90 valence electrons. The van der Waals surface area contributed by atoms with E-state index in [1.807, 2.05) is 19.9 Å². The third-order valence-corrected chi connectivity index (χ3v) is 2.17. The van der Waals surface area contributed by atoms with E-state index in [-0.39, 0.29) is 5.92 Å². The Hall–Kier alpha value is -2.09. The number of halogens is 1. The van der Waals surface area contributed by atoms with Gasteiger partial charge >= 0.3 is 6.03 Å². The van der Waals surface area contributed by atoms with Crippen molar-refractivity contribution in [1.82, 2.24) is 5.32 Å². The zero-order chi connectivity index (χ0) is 12.8. The van der Waals surface area contributed by atoms with Crippen LogP contribution in [0.4, 0.5) is 14.9 Å². The highest BCUT2D eigenvalue weighted by molar-refractivity contribution is 5.89. The number of benzene rings is 1. The van der Waals surface area contributed by atoms with Crippen molar-refractivity contribution in [1.29, 1.82) is 5.26 Å². The Morgan fingerprint density at radius 3 is 2.71 bits per heavy atom. The van der Waals surface area contributed by atoms with Crippen molar-refractivity contribution >= 4 is 11.7 Å². The van der Waals surface area contributed by atoms with Crippen LogP contribution in [0.2, 0.25) is 0 Å². The molecule has 2 amide bonds. The first kappa shape index (κ1) is 13.0. The lowest BCUT2D eigenvalue weighted by Gasteiger charge is -2.15. The minimum Gasteiger partial charge on any atom is -0.322 e. The molecule has 0 spiro atoms. The topological polar surface area (TPSA) is 64.9 Å². The molecule has 0 saturated heterocycles. The molecule has 17 heavy (non-hydrogen) atoms. The molecule has 0 saturated carbocycles. The number of amides is 2. The number of rotatable bonds is 3. The highest BCUT2D eigenvalue weighted by atomic mass is 19.1. The smallest absolute Gasteiger partial charge is 0.320 e. The molecule has 0 radical (unpaired) electrons. The number of nitrogens with zero attached hydrogens (tertiary/aromatic N) is 1. The van der Waals surface area contributed by atoms with Gasteiger partial charge in [-0.05, 0) is 24.1 Å². The number of carbonyl (C=O) groups is 1. The number of anilines is 1. The summed E-state index contributed by atoms with van der Waals surface area (Å²) in [7, 11) is 0. The Balaban J connectivity index is 2.59. The Morgan fingerprint density at radius 1 is 1.47 bits per heavy atom. The summed E-state index contributed by atoms with van der Waals surface area (Å²) >= 11 is 0. The van der Waals surface area contributed by atoms with Crippen LogP contribution in [-0.4, -0.2) is 12.1 Å². The summed E-state index contributed by atoms with van der Waals surface area (Å²) in [5.74, 6) is -0.415. The molecule has 1 aromatic carbocycles. The van der Waals surface area contributed by atoms with Gasteiger partial charge in [0.2, 0.25) is 0 Å². The van der Waals surface area contributed by atoms with Crippen LogP contribution in [0.5, 0.6) is 0 Å². The fraction of sp³-hybridized carbons (Fsp3) is 0.333. The molecule has 1 aromatic rings. The van der Waals surface area contributed by atoms with E-state index in [4.69, 9.17) is 5.26 Å². The van der Waals surface area contributed by atoms with Crippen LogP contribution in [0.15, 0.2) is 24.3 Å². The van der Waals surface area contributed by atoms with Crippen molar-refractivity contribution in [2.24, 2.45) is 5.92 Å². The highest BCUT2D eigenvalue weighted by Crippen LogP contribution is 2.09. The van der Waals surface area contributed by atoms with Gasteiger partial charge in [0.15, 0.2) is 0 Å². The van der Waals surface area contributed by atoms with Crippen molar-refractivity contribution in [3.8, 4) is 6.07 Å². The molecule has 1 atom stereocenters. The van der Waals surface area contributed by atoms with Crippen LogP contribution >= 0.6 is 0 Å². The molecule has 5 heteroatoms. The SMILES string of the molecule is CC(C)C(C#N)NC(=O)Nc1cccc(F)c1. The Labute approximate surface area is 99.4 Å². The van der Waals surface area contributed by atoms with Gasteiger partial charge in [-0.25, -0.2) is 9.18 Å². The number of carbonyl (C=O) groups excluding carboxylic acids is 1. The normalized spacial score (nSPS) is 11.7. The average molecular weight is 235 g/mol. The van der Waals surface area contributed by atoms with Gasteiger partial charge in [0.05, 0.1) is 6.07 Å². The number of hydrogen-bond donors (Lipinski definition) is 2. The second kappa shape index (κ2) is 5.85. The van der Waals surface area contributed by atoms with Crippen molar-refractivity contribution in [3.63, 3.8) is 0 Å². The lowest BCUT2D eigenvalue weighted by molar-refractivity contribution is 0.248. The number of hydrogen-bond acceptors (Lipinski definition) is 2. The van der Waals surface area contributed by atoms with Crippen molar-refractivity contribution in [2.45, 2.75) is 19.9 Å². The first-order valence-electron chi connectivity index (χ1n) is 5.25. The van der Waals surface area contributed by atoms with Gasteiger partial charge in [-0.15, -0.1) is 0 Å². The van der Waals surface area contributed by atoms with E-state index >= 15 is 0 Å². The van der Waals surface area contributed by atoms with Gasteiger partial charge in [-0.3, -0.25) is 0 Å². The molecule has 0 fully saturated rings. The summed E-state index contributed by atoms with van der Waals surface area (Å²) in [6, 6.07) is 6.46. The second-order valence-electron chi connectivity index (χ2n) is 3.96. The molecule has 1 unspecified atom stereocenters. The molecule has 4 nitrogen and oxygen atoms in total. The summed E-state index contributed by atoms with van der Waals surface area (Å²) < 4.78 is 12.9. The lowest BCUT2D eigenvalue weighted by atomic mass is 10.1. The molecule has 0 heterocycles. The summed E-state index contributed by atoms with van der Waals surface area (Å²) in [4.78, 5) is 11.5. The van der Waals surface area contributed by atoms with Gasteiger partial charge in [0.1, 0.15) is 11.9 Å². The van der Waals surface area contributed by atoms with Gasteiger partial charge < -0.3 is 10.6 Å². The second-order valence-corrected chi connectivity index (χ2v) is 3.96. The molecule has 0 aliphatic carbocycles. The maximum absolute atomic E-state index is 12.9. The quantitative estimate of drug-likeness (QED) is 0.845. The van der Waals surface area contributed by atoms with Crippen molar-refractivity contribution < 1.29 is 9.18 Å². The Kier molecular flexibility index (Phi) is 4.46. The number of nitrogens with one attached hydrogen (secondary N) is 2. The number of urea groups is 1. The zero-order valence-electron chi connectivity index (χ0n) is 9.70. The van der Waals surface area contributed by atoms with Crippen LogP contribution in [0, 0.1) is 23.1 Å². The van der Waals surface area contributed by atoms with Gasteiger partial charge in [0, 0.05) is 5.69 Å². The summed E-state index contributed by atoms with van der Waals surface area (Å²) in [5, 5.41) is 13.8. The number of nitriles is 1. The predicted molar refractivity (Wildman–Crippen MR) is 62.8 cm³/mol. The van der Waals surface area contributed by atoms with E-state index in [2.05, 4.69) is 10.6 Å². The monoisotopic (exact) mass is 235 g/mol. The van der Waals surface area contributed by atoms with Crippen LogP contribution in [-0.2, 0) is 0 Å². The van der Waals surface area contributed by atoms with Gasteiger partial charge in [-0.1, -0.05) is 19.9 Å². The largest absolute Gasteiger partial charge is 0.322 e. The van der Waals surface area contributed by atoms with Gasteiger partial charge in [-0.2, -0.15) is 5.26 Å². The third-order valence-electron chi connectivity index (χ3n) is 2.17. The Bertz CT molecular complexity index is 440. The van der Waals surface area contributed by atoms with E-state index in [1.165, 1.54) is 18.2 Å². The lowest BCUT2D eigenvalue weighted by Crippen LogP contribution is -2.40. The van der Waals surface area contributed by atoms with E-state index in [9.17, 15) is 9.18 Å². The molecule has 0 aliphatic rings.